The van der Waals surface area contributed by atoms with Crippen LogP contribution in [0.2, 0.25) is 0 Å². The number of fused-ring (bicyclic) bond motifs is 2. The van der Waals surface area contributed by atoms with Gasteiger partial charge in [0.05, 0.1) is 17.3 Å². The predicted molar refractivity (Wildman–Crippen MR) is 88.0 cm³/mol. The highest BCUT2D eigenvalue weighted by molar-refractivity contribution is 5.61. The Kier molecular flexibility index (Phi) is 3.72. The van der Waals surface area contributed by atoms with Crippen molar-refractivity contribution in [1.82, 2.24) is 10.3 Å². The molecule has 0 radical (unpaired) electrons. The first-order chi connectivity index (χ1) is 11.3. The first-order valence-corrected chi connectivity index (χ1v) is 8.20. The average molecular weight is 305 g/mol. The third-order valence-corrected chi connectivity index (χ3v) is 4.72. The Morgan fingerprint density at radius 1 is 1.09 bits per heavy atom. The van der Waals surface area contributed by atoms with E-state index < -0.39 is 0 Å². The molecule has 4 nitrogen and oxygen atoms in total. The number of hydrogen-bond acceptors (Lipinski definition) is 4. The number of nitriles is 1. The van der Waals surface area contributed by atoms with Crippen molar-refractivity contribution in [3.8, 4) is 23.2 Å². The van der Waals surface area contributed by atoms with Gasteiger partial charge in [0, 0.05) is 23.7 Å². The van der Waals surface area contributed by atoms with Gasteiger partial charge in [-0.2, -0.15) is 5.26 Å². The van der Waals surface area contributed by atoms with Crippen LogP contribution in [0.15, 0.2) is 42.5 Å². The fourth-order valence-electron chi connectivity index (χ4n) is 3.66. The molecule has 2 aliphatic rings. The fraction of sp³-hybridized carbons (Fsp3) is 0.368. The lowest BCUT2D eigenvalue weighted by atomic mass is 10.0. The second-order valence-electron chi connectivity index (χ2n) is 6.41. The summed E-state index contributed by atoms with van der Waals surface area (Å²) in [7, 11) is 0. The van der Waals surface area contributed by atoms with Gasteiger partial charge in [0.15, 0.2) is 0 Å². The van der Waals surface area contributed by atoms with Crippen LogP contribution in [0.4, 0.5) is 0 Å². The summed E-state index contributed by atoms with van der Waals surface area (Å²) in [5.74, 6) is 0.564. The zero-order valence-corrected chi connectivity index (χ0v) is 12.9. The molecule has 4 rings (SSSR count). The lowest BCUT2D eigenvalue weighted by Gasteiger charge is -2.29. The largest absolute Gasteiger partial charge is 0.474 e. The summed E-state index contributed by atoms with van der Waals surface area (Å²) in [5.41, 5.74) is 2.38. The van der Waals surface area contributed by atoms with E-state index in [2.05, 4.69) is 16.4 Å². The van der Waals surface area contributed by atoms with E-state index in [0.717, 1.165) is 24.1 Å². The number of piperidine rings is 1. The third-order valence-electron chi connectivity index (χ3n) is 4.72. The van der Waals surface area contributed by atoms with E-state index in [1.54, 1.807) is 6.07 Å². The summed E-state index contributed by atoms with van der Waals surface area (Å²) < 4.78 is 6.14. The first kappa shape index (κ1) is 14.2. The van der Waals surface area contributed by atoms with Gasteiger partial charge in [0.1, 0.15) is 6.10 Å². The molecule has 2 aliphatic heterocycles. The van der Waals surface area contributed by atoms with Crippen molar-refractivity contribution in [2.75, 3.05) is 0 Å². The van der Waals surface area contributed by atoms with Crippen LogP contribution in [-0.4, -0.2) is 23.2 Å². The lowest BCUT2D eigenvalue weighted by molar-refractivity contribution is 0.132. The zero-order chi connectivity index (χ0) is 15.6. The van der Waals surface area contributed by atoms with Crippen LogP contribution in [0.3, 0.4) is 0 Å². The molecule has 2 saturated heterocycles. The van der Waals surface area contributed by atoms with Gasteiger partial charge >= 0.3 is 0 Å². The number of rotatable bonds is 3. The van der Waals surface area contributed by atoms with E-state index in [0.29, 0.717) is 23.5 Å². The third kappa shape index (κ3) is 3.06. The van der Waals surface area contributed by atoms with Crippen molar-refractivity contribution in [3.05, 3.63) is 48.0 Å². The Hall–Kier alpha value is -2.38. The monoisotopic (exact) mass is 305 g/mol. The normalized spacial score (nSPS) is 25.8. The molecule has 4 heteroatoms. The molecule has 2 aromatic rings. The summed E-state index contributed by atoms with van der Waals surface area (Å²) in [5, 5.41) is 12.9. The number of ether oxygens (including phenoxy) is 1. The molecule has 1 aromatic heterocycles. The van der Waals surface area contributed by atoms with Crippen LogP contribution < -0.4 is 10.1 Å². The maximum absolute atomic E-state index is 9.29. The van der Waals surface area contributed by atoms with Gasteiger partial charge in [-0.25, -0.2) is 4.98 Å². The number of nitrogens with one attached hydrogen (secondary N) is 1. The van der Waals surface area contributed by atoms with E-state index in [1.807, 2.05) is 36.4 Å². The second kappa shape index (κ2) is 6.02. The Balaban J connectivity index is 1.60. The van der Waals surface area contributed by atoms with Crippen molar-refractivity contribution >= 4 is 0 Å². The van der Waals surface area contributed by atoms with Gasteiger partial charge in [-0.15, -0.1) is 0 Å². The highest BCUT2D eigenvalue weighted by atomic mass is 16.5. The molecular formula is C19H19N3O. The molecule has 2 bridgehead atoms. The summed E-state index contributed by atoms with van der Waals surface area (Å²) in [6.45, 7) is 0. The molecule has 0 saturated carbocycles. The molecule has 116 valence electrons. The van der Waals surface area contributed by atoms with Crippen LogP contribution in [0, 0.1) is 11.3 Å². The van der Waals surface area contributed by atoms with E-state index >= 15 is 0 Å². The average Bonchev–Trinajstić information content (AvgIpc) is 2.94. The summed E-state index contributed by atoms with van der Waals surface area (Å²) in [4.78, 5) is 4.62. The standard InChI is InChI=1S/C19H19N3O/c20-12-13-8-18(14-4-2-1-3-5-14)22-19(9-13)23-17-10-15-6-7-16(11-17)21-15/h1-5,8-9,15-17,21H,6-7,10-11H2/t15-,16+,17?. The molecule has 0 amide bonds. The van der Waals surface area contributed by atoms with Crippen molar-refractivity contribution in [1.29, 1.82) is 5.26 Å². The lowest BCUT2D eigenvalue weighted by Crippen LogP contribution is -2.42. The number of hydrogen-bond donors (Lipinski definition) is 1. The van der Waals surface area contributed by atoms with Crippen LogP contribution in [0.25, 0.3) is 11.3 Å². The molecule has 0 aliphatic carbocycles. The molecule has 1 aromatic carbocycles. The molecule has 1 N–H and O–H groups in total. The Morgan fingerprint density at radius 3 is 2.52 bits per heavy atom. The number of aromatic nitrogens is 1. The summed E-state index contributed by atoms with van der Waals surface area (Å²) in [6.07, 6.45) is 4.72. The van der Waals surface area contributed by atoms with Gasteiger partial charge in [0.25, 0.3) is 0 Å². The molecule has 3 heterocycles. The minimum Gasteiger partial charge on any atom is -0.474 e. The van der Waals surface area contributed by atoms with E-state index in [4.69, 9.17) is 4.74 Å². The first-order valence-electron chi connectivity index (χ1n) is 8.20. The van der Waals surface area contributed by atoms with Crippen molar-refractivity contribution in [3.63, 3.8) is 0 Å². The molecule has 1 unspecified atom stereocenters. The number of nitrogens with zero attached hydrogens (tertiary/aromatic N) is 2. The summed E-state index contributed by atoms with van der Waals surface area (Å²) >= 11 is 0. The number of benzene rings is 1. The highest BCUT2D eigenvalue weighted by Gasteiger charge is 2.34. The predicted octanol–water partition coefficient (Wildman–Crippen LogP) is 3.28. The Morgan fingerprint density at radius 2 is 1.83 bits per heavy atom. The molecular weight excluding hydrogens is 286 g/mol. The Bertz CT molecular complexity index is 726. The van der Waals surface area contributed by atoms with Gasteiger partial charge < -0.3 is 10.1 Å². The van der Waals surface area contributed by atoms with Crippen LogP contribution in [0.5, 0.6) is 5.88 Å². The topological polar surface area (TPSA) is 57.9 Å². The quantitative estimate of drug-likeness (QED) is 0.945. The van der Waals surface area contributed by atoms with Gasteiger partial charge in [0.2, 0.25) is 5.88 Å². The van der Waals surface area contributed by atoms with Gasteiger partial charge in [-0.3, -0.25) is 0 Å². The minimum absolute atomic E-state index is 0.193. The van der Waals surface area contributed by atoms with Crippen LogP contribution >= 0.6 is 0 Å². The minimum atomic E-state index is 0.193. The highest BCUT2D eigenvalue weighted by Crippen LogP contribution is 2.30. The van der Waals surface area contributed by atoms with Crippen molar-refractivity contribution in [2.45, 2.75) is 43.9 Å². The van der Waals surface area contributed by atoms with Crippen LogP contribution in [-0.2, 0) is 0 Å². The Labute approximate surface area is 136 Å². The van der Waals surface area contributed by atoms with Crippen LogP contribution in [0.1, 0.15) is 31.2 Å². The molecule has 23 heavy (non-hydrogen) atoms. The molecule has 0 spiro atoms. The van der Waals surface area contributed by atoms with Gasteiger partial charge in [-0.1, -0.05) is 30.3 Å². The van der Waals surface area contributed by atoms with E-state index in [-0.39, 0.29) is 6.10 Å². The SMILES string of the molecule is N#Cc1cc(OC2C[C@H]3CC[C@@H](C2)N3)nc(-c2ccccc2)c1. The zero-order valence-electron chi connectivity index (χ0n) is 12.9. The maximum atomic E-state index is 9.29. The molecule has 3 atom stereocenters. The van der Waals surface area contributed by atoms with Gasteiger partial charge in [-0.05, 0) is 31.7 Å². The number of pyridine rings is 1. The second-order valence-corrected chi connectivity index (χ2v) is 6.41. The smallest absolute Gasteiger partial charge is 0.215 e. The van der Waals surface area contributed by atoms with E-state index in [9.17, 15) is 5.26 Å². The fourth-order valence-corrected chi connectivity index (χ4v) is 3.66. The van der Waals surface area contributed by atoms with Crippen molar-refractivity contribution in [2.24, 2.45) is 0 Å². The molecule has 2 fully saturated rings. The van der Waals surface area contributed by atoms with E-state index in [1.165, 1.54) is 12.8 Å². The summed E-state index contributed by atoms with van der Waals surface area (Å²) in [6, 6.07) is 16.8. The van der Waals surface area contributed by atoms with Crippen molar-refractivity contribution < 1.29 is 4.74 Å². The maximum Gasteiger partial charge on any atom is 0.215 e.